The number of ether oxygens (including phenoxy) is 1. The summed E-state index contributed by atoms with van der Waals surface area (Å²) in [5, 5.41) is 2.82. The van der Waals surface area contributed by atoms with E-state index in [4.69, 9.17) is 10.5 Å². The molecule has 0 saturated heterocycles. The second-order valence-electron chi connectivity index (χ2n) is 5.31. The van der Waals surface area contributed by atoms with Gasteiger partial charge in [-0.15, -0.1) is 0 Å². The lowest BCUT2D eigenvalue weighted by Gasteiger charge is -2.18. The smallest absolute Gasteiger partial charge is 0.338 e. The van der Waals surface area contributed by atoms with E-state index in [2.05, 4.69) is 5.32 Å². The Morgan fingerprint density at radius 2 is 1.74 bits per heavy atom. The minimum atomic E-state index is -0.893. The Bertz CT molecular complexity index is 686. The van der Waals surface area contributed by atoms with Crippen LogP contribution in [-0.2, 0) is 9.53 Å². The summed E-state index contributed by atoms with van der Waals surface area (Å²) in [6, 6.07) is 15.8. The molecule has 5 heteroatoms. The highest BCUT2D eigenvalue weighted by Gasteiger charge is 2.20. The average Bonchev–Trinajstić information content (AvgIpc) is 2.55. The molecule has 0 bridgehead atoms. The molecule has 0 aliphatic rings. The molecule has 0 saturated carbocycles. The molecule has 0 aliphatic heterocycles. The third-order valence-corrected chi connectivity index (χ3v) is 3.43. The number of hydrogen-bond acceptors (Lipinski definition) is 4. The van der Waals surface area contributed by atoms with E-state index in [0.29, 0.717) is 11.3 Å². The van der Waals surface area contributed by atoms with Gasteiger partial charge in [0.15, 0.2) is 6.10 Å². The molecule has 2 aromatic rings. The lowest BCUT2D eigenvalue weighted by Crippen LogP contribution is -2.37. The molecule has 0 heterocycles. The van der Waals surface area contributed by atoms with Gasteiger partial charge in [0, 0.05) is 5.69 Å². The first kappa shape index (κ1) is 16.5. The monoisotopic (exact) mass is 312 g/mol. The number of nitrogens with two attached hydrogens (primary N) is 1. The van der Waals surface area contributed by atoms with E-state index < -0.39 is 12.1 Å². The number of anilines is 1. The van der Waals surface area contributed by atoms with Crippen LogP contribution in [0.4, 0.5) is 5.69 Å². The van der Waals surface area contributed by atoms with Crippen LogP contribution in [-0.4, -0.2) is 18.0 Å². The maximum absolute atomic E-state index is 12.1. The Morgan fingerprint density at radius 1 is 1.04 bits per heavy atom. The van der Waals surface area contributed by atoms with E-state index in [1.165, 1.54) is 13.0 Å². The highest BCUT2D eigenvalue weighted by atomic mass is 16.5. The van der Waals surface area contributed by atoms with E-state index >= 15 is 0 Å². The molecule has 0 unspecified atom stereocenters. The first-order valence-corrected chi connectivity index (χ1v) is 7.39. The first-order chi connectivity index (χ1) is 11.0. The summed E-state index contributed by atoms with van der Waals surface area (Å²) in [5.74, 6) is -0.925. The van der Waals surface area contributed by atoms with Crippen LogP contribution in [0, 0.1) is 0 Å². The molecule has 5 nitrogen and oxygen atoms in total. The molecule has 0 spiro atoms. The molecule has 0 radical (unpaired) electrons. The van der Waals surface area contributed by atoms with E-state index in [1.54, 1.807) is 18.2 Å². The summed E-state index contributed by atoms with van der Waals surface area (Å²) < 4.78 is 5.18. The highest BCUT2D eigenvalue weighted by molar-refractivity contribution is 5.93. The summed E-state index contributed by atoms with van der Waals surface area (Å²) in [5.41, 5.74) is 7.40. The number of rotatable bonds is 5. The van der Waals surface area contributed by atoms with Crippen LogP contribution in [0.15, 0.2) is 54.6 Å². The van der Waals surface area contributed by atoms with Crippen molar-refractivity contribution in [3.8, 4) is 0 Å². The second kappa shape index (κ2) is 7.45. The molecular formula is C18H20N2O3. The minimum Gasteiger partial charge on any atom is -0.449 e. The van der Waals surface area contributed by atoms with Crippen molar-refractivity contribution in [3.05, 3.63) is 65.7 Å². The molecule has 0 aromatic heterocycles. The summed E-state index contributed by atoms with van der Waals surface area (Å²) in [4.78, 5) is 24.2. The van der Waals surface area contributed by atoms with Crippen LogP contribution in [0.2, 0.25) is 0 Å². The molecule has 2 rings (SSSR count). The zero-order valence-electron chi connectivity index (χ0n) is 13.2. The molecule has 23 heavy (non-hydrogen) atoms. The number of carbonyl (C=O) groups is 2. The third-order valence-electron chi connectivity index (χ3n) is 3.43. The number of benzene rings is 2. The SMILES string of the molecule is C[C@@H](OC(=O)c1cccc(N)c1)C(=O)N[C@H](C)c1ccccc1. The van der Waals surface area contributed by atoms with E-state index in [9.17, 15) is 9.59 Å². The Morgan fingerprint density at radius 3 is 2.39 bits per heavy atom. The summed E-state index contributed by atoms with van der Waals surface area (Å²) in [7, 11) is 0. The summed E-state index contributed by atoms with van der Waals surface area (Å²) >= 11 is 0. The van der Waals surface area contributed by atoms with Gasteiger partial charge < -0.3 is 15.8 Å². The normalized spacial score (nSPS) is 13.0. The largest absolute Gasteiger partial charge is 0.449 e. The maximum Gasteiger partial charge on any atom is 0.338 e. The number of nitrogen functional groups attached to an aromatic ring is 1. The van der Waals surface area contributed by atoms with Gasteiger partial charge in [-0.2, -0.15) is 0 Å². The van der Waals surface area contributed by atoms with Gasteiger partial charge in [-0.05, 0) is 37.6 Å². The Kier molecular flexibility index (Phi) is 5.36. The predicted octanol–water partition coefficient (Wildman–Crippen LogP) is 2.69. The molecule has 2 aromatic carbocycles. The quantitative estimate of drug-likeness (QED) is 0.657. The standard InChI is InChI=1S/C18H20N2O3/c1-12(14-7-4-3-5-8-14)20-17(21)13(2)23-18(22)15-9-6-10-16(19)11-15/h3-13H,19H2,1-2H3,(H,20,21)/t12-,13-/m1/s1. The van der Waals surface area contributed by atoms with E-state index in [-0.39, 0.29) is 11.9 Å². The van der Waals surface area contributed by atoms with Crippen LogP contribution >= 0.6 is 0 Å². The van der Waals surface area contributed by atoms with Crippen molar-refractivity contribution in [2.24, 2.45) is 0 Å². The van der Waals surface area contributed by atoms with Crippen LogP contribution in [0.3, 0.4) is 0 Å². The maximum atomic E-state index is 12.1. The fourth-order valence-corrected chi connectivity index (χ4v) is 2.10. The van der Waals surface area contributed by atoms with Crippen molar-refractivity contribution < 1.29 is 14.3 Å². The fraction of sp³-hybridized carbons (Fsp3) is 0.222. The molecule has 3 N–H and O–H groups in total. The van der Waals surface area contributed by atoms with Crippen molar-refractivity contribution in [3.63, 3.8) is 0 Å². The summed E-state index contributed by atoms with van der Waals surface area (Å²) in [6.45, 7) is 3.41. The predicted molar refractivity (Wildman–Crippen MR) is 88.7 cm³/mol. The first-order valence-electron chi connectivity index (χ1n) is 7.39. The number of amides is 1. The Hall–Kier alpha value is -2.82. The van der Waals surface area contributed by atoms with Gasteiger partial charge in [0.2, 0.25) is 0 Å². The fourth-order valence-electron chi connectivity index (χ4n) is 2.10. The zero-order valence-corrected chi connectivity index (χ0v) is 13.2. The van der Waals surface area contributed by atoms with Crippen molar-refractivity contribution in [1.82, 2.24) is 5.32 Å². The number of nitrogens with one attached hydrogen (secondary N) is 1. The third kappa shape index (κ3) is 4.57. The molecular weight excluding hydrogens is 292 g/mol. The lowest BCUT2D eigenvalue weighted by atomic mass is 10.1. The zero-order chi connectivity index (χ0) is 16.8. The lowest BCUT2D eigenvalue weighted by molar-refractivity contribution is -0.129. The van der Waals surface area contributed by atoms with Crippen LogP contribution in [0.5, 0.6) is 0 Å². The van der Waals surface area contributed by atoms with Gasteiger partial charge in [0.1, 0.15) is 0 Å². The Balaban J connectivity index is 1.93. The molecule has 0 fully saturated rings. The van der Waals surface area contributed by atoms with Gasteiger partial charge in [0.05, 0.1) is 11.6 Å². The van der Waals surface area contributed by atoms with Crippen LogP contribution in [0.25, 0.3) is 0 Å². The number of esters is 1. The van der Waals surface area contributed by atoms with Gasteiger partial charge in [-0.1, -0.05) is 36.4 Å². The van der Waals surface area contributed by atoms with Crippen LogP contribution in [0.1, 0.15) is 35.8 Å². The van der Waals surface area contributed by atoms with Crippen molar-refractivity contribution in [2.75, 3.05) is 5.73 Å². The molecule has 2 atom stereocenters. The van der Waals surface area contributed by atoms with Gasteiger partial charge in [-0.25, -0.2) is 4.79 Å². The molecule has 0 aliphatic carbocycles. The van der Waals surface area contributed by atoms with Crippen LogP contribution < -0.4 is 11.1 Å². The molecule has 1 amide bonds. The summed E-state index contributed by atoms with van der Waals surface area (Å²) in [6.07, 6.45) is -0.893. The Labute approximate surface area is 135 Å². The van der Waals surface area contributed by atoms with Gasteiger partial charge >= 0.3 is 5.97 Å². The number of hydrogen-bond donors (Lipinski definition) is 2. The number of carbonyl (C=O) groups excluding carboxylic acids is 2. The van der Waals surface area contributed by atoms with E-state index in [0.717, 1.165) is 5.56 Å². The second-order valence-corrected chi connectivity index (χ2v) is 5.31. The highest BCUT2D eigenvalue weighted by Crippen LogP contribution is 2.13. The topological polar surface area (TPSA) is 81.4 Å². The van der Waals surface area contributed by atoms with Crippen molar-refractivity contribution in [2.45, 2.75) is 26.0 Å². The van der Waals surface area contributed by atoms with Gasteiger partial charge in [0.25, 0.3) is 5.91 Å². The van der Waals surface area contributed by atoms with E-state index in [1.807, 2.05) is 37.3 Å². The van der Waals surface area contributed by atoms with Crippen molar-refractivity contribution in [1.29, 1.82) is 0 Å². The average molecular weight is 312 g/mol. The van der Waals surface area contributed by atoms with Crippen molar-refractivity contribution >= 4 is 17.6 Å². The molecule has 120 valence electrons. The van der Waals surface area contributed by atoms with Gasteiger partial charge in [-0.3, -0.25) is 4.79 Å². The minimum absolute atomic E-state index is 0.169.